The topological polar surface area (TPSA) is 51.1 Å². The van der Waals surface area contributed by atoms with E-state index in [4.69, 9.17) is 16.8 Å². The van der Waals surface area contributed by atoms with E-state index < -0.39 is 0 Å². The van der Waals surface area contributed by atoms with E-state index in [1.807, 2.05) is 23.7 Å². The van der Waals surface area contributed by atoms with E-state index in [-0.39, 0.29) is 0 Å². The summed E-state index contributed by atoms with van der Waals surface area (Å²) in [6.45, 7) is 4.29. The minimum absolute atomic E-state index is 0.712. The van der Waals surface area contributed by atoms with Crippen molar-refractivity contribution in [2.24, 2.45) is 4.99 Å². The van der Waals surface area contributed by atoms with Crippen molar-refractivity contribution in [2.75, 3.05) is 31.1 Å². The first-order valence-corrected chi connectivity index (χ1v) is 8.86. The van der Waals surface area contributed by atoms with E-state index in [0.717, 1.165) is 43.6 Å². The van der Waals surface area contributed by atoms with Crippen LogP contribution in [-0.2, 0) is 0 Å². The lowest BCUT2D eigenvalue weighted by atomic mass is 9.94. The number of piperazine rings is 1. The molecule has 126 valence electrons. The van der Waals surface area contributed by atoms with Crippen LogP contribution in [0.25, 0.3) is 0 Å². The third kappa shape index (κ3) is 4.16. The number of aliphatic imine (C=N–C) groups is 1. The van der Waals surface area contributed by atoms with Gasteiger partial charge >= 0.3 is 0 Å². The maximum atomic E-state index is 8.54. The average Bonchev–Trinajstić information content (AvgIpc) is 2.61. The zero-order valence-electron chi connectivity index (χ0n) is 13.4. The summed E-state index contributed by atoms with van der Waals surface area (Å²) in [5.41, 5.74) is 3.70. The molecule has 0 atom stereocenters. The van der Waals surface area contributed by atoms with Crippen molar-refractivity contribution in [2.45, 2.75) is 38.1 Å². The molecule has 0 amide bonds. The molecule has 23 heavy (non-hydrogen) atoms. The Morgan fingerprint density at radius 1 is 1.13 bits per heavy atom. The SMILES string of the molecule is ONC=Nc1ccc(N2CCN(C3CCCCC3)CC2)c(Cl)c1. The van der Waals surface area contributed by atoms with Crippen LogP contribution in [0.1, 0.15) is 32.1 Å². The summed E-state index contributed by atoms with van der Waals surface area (Å²) in [5.74, 6) is 0. The van der Waals surface area contributed by atoms with Gasteiger partial charge in [0.25, 0.3) is 0 Å². The van der Waals surface area contributed by atoms with Gasteiger partial charge in [0.05, 0.1) is 16.4 Å². The number of hydrogen-bond acceptors (Lipinski definition) is 4. The lowest BCUT2D eigenvalue weighted by molar-refractivity contribution is 0.148. The third-order valence-electron chi connectivity index (χ3n) is 4.95. The average molecular weight is 337 g/mol. The molecule has 0 unspecified atom stereocenters. The van der Waals surface area contributed by atoms with E-state index >= 15 is 0 Å². The first-order chi connectivity index (χ1) is 11.3. The van der Waals surface area contributed by atoms with Gasteiger partial charge in [-0.05, 0) is 31.0 Å². The predicted octanol–water partition coefficient (Wildman–Crippen LogP) is 3.43. The van der Waals surface area contributed by atoms with Crippen molar-refractivity contribution in [3.05, 3.63) is 23.2 Å². The molecule has 0 spiro atoms. The van der Waals surface area contributed by atoms with Crippen molar-refractivity contribution >= 4 is 29.3 Å². The van der Waals surface area contributed by atoms with Gasteiger partial charge in [-0.25, -0.2) is 4.99 Å². The van der Waals surface area contributed by atoms with Gasteiger partial charge < -0.3 is 4.90 Å². The van der Waals surface area contributed by atoms with Crippen LogP contribution in [0.2, 0.25) is 5.02 Å². The highest BCUT2D eigenvalue weighted by Crippen LogP contribution is 2.31. The van der Waals surface area contributed by atoms with Crippen molar-refractivity contribution in [3.8, 4) is 0 Å². The number of rotatable bonds is 4. The molecule has 1 aromatic carbocycles. The van der Waals surface area contributed by atoms with E-state index in [1.165, 1.54) is 38.4 Å². The Hall–Kier alpha value is -1.30. The highest BCUT2D eigenvalue weighted by Gasteiger charge is 2.25. The van der Waals surface area contributed by atoms with E-state index in [2.05, 4.69) is 14.8 Å². The predicted molar refractivity (Wildman–Crippen MR) is 95.2 cm³/mol. The molecule has 1 aliphatic heterocycles. The molecule has 1 heterocycles. The number of benzene rings is 1. The summed E-state index contributed by atoms with van der Waals surface area (Å²) < 4.78 is 0. The standard InChI is InChI=1S/C17H25ClN4O/c18-16-12-14(19-13-20-23)6-7-17(16)22-10-8-21(9-11-22)15-4-2-1-3-5-15/h6-7,12-13,15,23H,1-5,8-11H2,(H,19,20). The Morgan fingerprint density at radius 3 is 2.52 bits per heavy atom. The normalized spacial score (nSPS) is 21.0. The number of hydrogen-bond donors (Lipinski definition) is 2. The zero-order chi connectivity index (χ0) is 16.1. The molecule has 1 saturated heterocycles. The van der Waals surface area contributed by atoms with Crippen LogP contribution in [0.15, 0.2) is 23.2 Å². The van der Waals surface area contributed by atoms with Gasteiger partial charge in [0, 0.05) is 32.2 Å². The summed E-state index contributed by atoms with van der Waals surface area (Å²) in [7, 11) is 0. The Morgan fingerprint density at radius 2 is 1.87 bits per heavy atom. The molecule has 3 rings (SSSR count). The van der Waals surface area contributed by atoms with Gasteiger partial charge in [-0.2, -0.15) is 0 Å². The Balaban J connectivity index is 1.59. The highest BCUT2D eigenvalue weighted by atomic mass is 35.5. The molecule has 2 aliphatic rings. The minimum Gasteiger partial charge on any atom is -0.368 e. The van der Waals surface area contributed by atoms with E-state index in [0.29, 0.717) is 5.02 Å². The first kappa shape index (κ1) is 16.6. The summed E-state index contributed by atoms with van der Waals surface area (Å²) in [6, 6.07) is 6.56. The monoisotopic (exact) mass is 336 g/mol. The molecule has 1 aromatic rings. The van der Waals surface area contributed by atoms with Crippen LogP contribution in [0, 0.1) is 0 Å². The van der Waals surface area contributed by atoms with Crippen molar-refractivity contribution < 1.29 is 5.21 Å². The minimum atomic E-state index is 0.712. The van der Waals surface area contributed by atoms with Crippen LogP contribution >= 0.6 is 11.6 Å². The molecule has 0 bridgehead atoms. The number of halogens is 1. The smallest absolute Gasteiger partial charge is 0.113 e. The fraction of sp³-hybridized carbons (Fsp3) is 0.588. The molecule has 0 aromatic heterocycles. The number of nitrogens with one attached hydrogen (secondary N) is 1. The summed E-state index contributed by atoms with van der Waals surface area (Å²) in [6.07, 6.45) is 8.16. The zero-order valence-corrected chi connectivity index (χ0v) is 14.2. The second kappa shape index (κ2) is 7.99. The summed E-state index contributed by atoms with van der Waals surface area (Å²) in [4.78, 5) is 9.07. The molecule has 2 fully saturated rings. The molecular formula is C17H25ClN4O. The molecule has 6 heteroatoms. The fourth-order valence-electron chi connectivity index (χ4n) is 3.71. The van der Waals surface area contributed by atoms with Gasteiger partial charge in [0.1, 0.15) is 6.34 Å². The fourth-order valence-corrected chi connectivity index (χ4v) is 4.00. The van der Waals surface area contributed by atoms with Crippen LogP contribution in [0.3, 0.4) is 0 Å². The molecule has 1 saturated carbocycles. The van der Waals surface area contributed by atoms with Gasteiger partial charge in [0.2, 0.25) is 0 Å². The van der Waals surface area contributed by atoms with Gasteiger partial charge in [0.15, 0.2) is 0 Å². The van der Waals surface area contributed by atoms with Gasteiger partial charge in [-0.3, -0.25) is 15.6 Å². The highest BCUT2D eigenvalue weighted by molar-refractivity contribution is 6.33. The van der Waals surface area contributed by atoms with Crippen LogP contribution in [0.5, 0.6) is 0 Å². The largest absolute Gasteiger partial charge is 0.368 e. The molecule has 1 aliphatic carbocycles. The third-order valence-corrected chi connectivity index (χ3v) is 5.25. The van der Waals surface area contributed by atoms with Gasteiger partial charge in [-0.1, -0.05) is 30.9 Å². The lowest BCUT2D eigenvalue weighted by Crippen LogP contribution is -2.50. The number of anilines is 1. The van der Waals surface area contributed by atoms with Gasteiger partial charge in [-0.15, -0.1) is 0 Å². The van der Waals surface area contributed by atoms with Crippen molar-refractivity contribution in [1.29, 1.82) is 0 Å². The number of hydroxylamine groups is 1. The summed E-state index contributed by atoms with van der Waals surface area (Å²) in [5, 5.41) is 9.25. The van der Waals surface area contributed by atoms with Crippen LogP contribution in [0.4, 0.5) is 11.4 Å². The summed E-state index contributed by atoms with van der Waals surface area (Å²) >= 11 is 6.41. The second-order valence-corrected chi connectivity index (χ2v) is 6.75. The second-order valence-electron chi connectivity index (χ2n) is 6.34. The van der Waals surface area contributed by atoms with E-state index in [9.17, 15) is 0 Å². The Bertz CT molecular complexity index is 537. The maximum Gasteiger partial charge on any atom is 0.113 e. The Labute approximate surface area is 142 Å². The molecular weight excluding hydrogens is 312 g/mol. The lowest BCUT2D eigenvalue weighted by Gasteiger charge is -2.41. The van der Waals surface area contributed by atoms with Crippen LogP contribution in [-0.4, -0.2) is 48.7 Å². The molecule has 5 nitrogen and oxygen atoms in total. The van der Waals surface area contributed by atoms with E-state index in [1.54, 1.807) is 0 Å². The molecule has 2 N–H and O–H groups in total. The number of nitrogens with zero attached hydrogens (tertiary/aromatic N) is 3. The Kier molecular flexibility index (Phi) is 5.75. The quantitative estimate of drug-likeness (QED) is 0.502. The van der Waals surface area contributed by atoms with Crippen LogP contribution < -0.4 is 10.4 Å². The van der Waals surface area contributed by atoms with Crippen molar-refractivity contribution in [3.63, 3.8) is 0 Å². The molecule has 0 radical (unpaired) electrons. The first-order valence-electron chi connectivity index (χ1n) is 8.48. The van der Waals surface area contributed by atoms with Crippen molar-refractivity contribution in [1.82, 2.24) is 10.4 Å². The maximum absolute atomic E-state index is 8.54.